The summed E-state index contributed by atoms with van der Waals surface area (Å²) >= 11 is 0. The van der Waals surface area contributed by atoms with Crippen molar-refractivity contribution in [1.82, 2.24) is 5.32 Å². The molecule has 2 aromatic carbocycles. The fraction of sp³-hybridized carbons (Fsp3) is 0.263. The second kappa shape index (κ2) is 8.13. The van der Waals surface area contributed by atoms with Gasteiger partial charge in [0.05, 0.1) is 0 Å². The van der Waals surface area contributed by atoms with Gasteiger partial charge in [-0.2, -0.15) is 0 Å². The zero-order chi connectivity index (χ0) is 16.7. The number of nitrogens with one attached hydrogen (secondary N) is 2. The van der Waals surface area contributed by atoms with Gasteiger partial charge >= 0.3 is 0 Å². The molecule has 0 spiro atoms. The van der Waals surface area contributed by atoms with Crippen molar-refractivity contribution >= 4 is 17.5 Å². The zero-order valence-electron chi connectivity index (χ0n) is 13.5. The van der Waals surface area contributed by atoms with E-state index in [2.05, 4.69) is 17.6 Å². The molecule has 0 bridgehead atoms. The zero-order valence-corrected chi connectivity index (χ0v) is 13.5. The summed E-state index contributed by atoms with van der Waals surface area (Å²) in [5.41, 5.74) is 1.85. The maximum absolute atomic E-state index is 12.1. The number of hydrogen-bond acceptors (Lipinski definition) is 2. The minimum absolute atomic E-state index is 0.0908. The van der Waals surface area contributed by atoms with Gasteiger partial charge in [0.15, 0.2) is 0 Å². The van der Waals surface area contributed by atoms with Crippen LogP contribution >= 0.6 is 0 Å². The van der Waals surface area contributed by atoms with E-state index >= 15 is 0 Å². The van der Waals surface area contributed by atoms with Gasteiger partial charge in [0.25, 0.3) is 11.8 Å². The van der Waals surface area contributed by atoms with E-state index < -0.39 is 0 Å². The molecule has 0 aromatic heterocycles. The maximum atomic E-state index is 12.1. The first-order valence-corrected chi connectivity index (χ1v) is 7.87. The van der Waals surface area contributed by atoms with E-state index in [1.165, 1.54) is 0 Å². The molecule has 2 aromatic rings. The number of carbonyl (C=O) groups excluding carboxylic acids is 2. The lowest BCUT2D eigenvalue weighted by molar-refractivity contribution is 0.0937. The highest BCUT2D eigenvalue weighted by molar-refractivity contribution is 6.04. The normalized spacial score (nSPS) is 11.6. The van der Waals surface area contributed by atoms with Crippen LogP contribution in [0, 0.1) is 0 Å². The largest absolute Gasteiger partial charge is 0.350 e. The standard InChI is InChI=1S/C19H22N2O2/c1-3-7-14(2)20-18(22)16-10-12-17(13-11-16)21-19(23)15-8-5-4-6-9-15/h4-6,8-14H,3,7H2,1-2H3,(H,20,22)(H,21,23). The molecule has 1 unspecified atom stereocenters. The third kappa shape index (κ3) is 4.95. The van der Waals surface area contributed by atoms with Crippen LogP contribution in [0.2, 0.25) is 0 Å². The summed E-state index contributed by atoms with van der Waals surface area (Å²) in [5, 5.41) is 5.77. The molecule has 0 fully saturated rings. The van der Waals surface area contributed by atoms with Crippen LogP contribution < -0.4 is 10.6 Å². The minimum atomic E-state index is -0.167. The average molecular weight is 310 g/mol. The summed E-state index contributed by atoms with van der Waals surface area (Å²) in [7, 11) is 0. The Kier molecular flexibility index (Phi) is 5.92. The van der Waals surface area contributed by atoms with Crippen molar-refractivity contribution in [2.24, 2.45) is 0 Å². The molecule has 0 saturated carbocycles. The molecule has 23 heavy (non-hydrogen) atoms. The predicted octanol–water partition coefficient (Wildman–Crippen LogP) is 3.86. The van der Waals surface area contributed by atoms with Gasteiger partial charge in [0.2, 0.25) is 0 Å². The molecule has 2 rings (SSSR count). The summed E-state index contributed by atoms with van der Waals surface area (Å²) in [4.78, 5) is 24.1. The van der Waals surface area contributed by atoms with E-state index in [0.717, 1.165) is 12.8 Å². The molecule has 0 aliphatic carbocycles. The minimum Gasteiger partial charge on any atom is -0.350 e. The molecule has 4 heteroatoms. The third-order valence-corrected chi connectivity index (χ3v) is 3.54. The van der Waals surface area contributed by atoms with Crippen LogP contribution in [0.1, 0.15) is 47.4 Å². The second-order valence-corrected chi connectivity index (χ2v) is 5.56. The van der Waals surface area contributed by atoms with Gasteiger partial charge in [-0.3, -0.25) is 9.59 Å². The molecule has 2 N–H and O–H groups in total. The maximum Gasteiger partial charge on any atom is 0.255 e. The van der Waals surface area contributed by atoms with E-state index in [4.69, 9.17) is 0 Å². The van der Waals surface area contributed by atoms with Crippen molar-refractivity contribution in [3.63, 3.8) is 0 Å². The summed E-state index contributed by atoms with van der Waals surface area (Å²) in [6.07, 6.45) is 1.99. The molecular weight excluding hydrogens is 288 g/mol. The summed E-state index contributed by atoms with van der Waals surface area (Å²) in [6.45, 7) is 4.09. The Bertz CT molecular complexity index is 651. The van der Waals surface area contributed by atoms with Gasteiger partial charge in [0.1, 0.15) is 0 Å². The van der Waals surface area contributed by atoms with Gasteiger partial charge in [0, 0.05) is 22.9 Å². The topological polar surface area (TPSA) is 58.2 Å². The van der Waals surface area contributed by atoms with Crippen molar-refractivity contribution in [2.45, 2.75) is 32.7 Å². The molecule has 1 atom stereocenters. The molecule has 0 saturated heterocycles. The van der Waals surface area contributed by atoms with Gasteiger partial charge in [-0.25, -0.2) is 0 Å². The number of benzene rings is 2. The van der Waals surface area contributed by atoms with E-state index in [1.54, 1.807) is 36.4 Å². The molecule has 120 valence electrons. The number of rotatable bonds is 6. The van der Waals surface area contributed by atoms with Crippen LogP contribution in [0.25, 0.3) is 0 Å². The number of anilines is 1. The Morgan fingerprint density at radius 3 is 2.13 bits per heavy atom. The molecule has 0 radical (unpaired) electrons. The Hall–Kier alpha value is -2.62. The van der Waals surface area contributed by atoms with Crippen LogP contribution in [-0.4, -0.2) is 17.9 Å². The SMILES string of the molecule is CCCC(C)NC(=O)c1ccc(NC(=O)c2ccccc2)cc1. The van der Waals surface area contributed by atoms with Crippen molar-refractivity contribution in [3.8, 4) is 0 Å². The van der Waals surface area contributed by atoms with E-state index in [-0.39, 0.29) is 17.9 Å². The molecule has 0 aliphatic rings. The Morgan fingerprint density at radius 2 is 1.52 bits per heavy atom. The van der Waals surface area contributed by atoms with E-state index in [1.807, 2.05) is 25.1 Å². The third-order valence-electron chi connectivity index (χ3n) is 3.54. The van der Waals surface area contributed by atoms with Crippen LogP contribution in [0.3, 0.4) is 0 Å². The molecule has 0 heterocycles. The van der Waals surface area contributed by atoms with Crippen LogP contribution in [0.4, 0.5) is 5.69 Å². The van der Waals surface area contributed by atoms with Crippen LogP contribution in [-0.2, 0) is 0 Å². The predicted molar refractivity (Wildman–Crippen MR) is 92.7 cm³/mol. The molecular formula is C19H22N2O2. The molecule has 0 aliphatic heterocycles. The second-order valence-electron chi connectivity index (χ2n) is 5.56. The smallest absolute Gasteiger partial charge is 0.255 e. The highest BCUT2D eigenvalue weighted by Crippen LogP contribution is 2.12. The van der Waals surface area contributed by atoms with Crippen LogP contribution in [0.15, 0.2) is 54.6 Å². The van der Waals surface area contributed by atoms with Gasteiger partial charge in [-0.05, 0) is 49.7 Å². The number of carbonyl (C=O) groups is 2. The van der Waals surface area contributed by atoms with E-state index in [9.17, 15) is 9.59 Å². The first kappa shape index (κ1) is 16.7. The summed E-state index contributed by atoms with van der Waals surface area (Å²) in [5.74, 6) is -0.258. The Morgan fingerprint density at radius 1 is 0.913 bits per heavy atom. The Labute approximate surface area is 136 Å². The van der Waals surface area contributed by atoms with Gasteiger partial charge in [-0.1, -0.05) is 31.5 Å². The van der Waals surface area contributed by atoms with Gasteiger partial charge < -0.3 is 10.6 Å². The quantitative estimate of drug-likeness (QED) is 0.851. The molecule has 4 nitrogen and oxygen atoms in total. The molecule has 2 amide bonds. The Balaban J connectivity index is 1.97. The summed E-state index contributed by atoms with van der Waals surface area (Å²) in [6, 6.07) is 16.1. The number of hydrogen-bond donors (Lipinski definition) is 2. The first-order chi connectivity index (χ1) is 11.1. The first-order valence-electron chi connectivity index (χ1n) is 7.87. The van der Waals surface area contributed by atoms with Crippen molar-refractivity contribution in [1.29, 1.82) is 0 Å². The lowest BCUT2D eigenvalue weighted by Crippen LogP contribution is -2.32. The summed E-state index contributed by atoms with van der Waals surface area (Å²) < 4.78 is 0. The fourth-order valence-corrected chi connectivity index (χ4v) is 2.31. The van der Waals surface area contributed by atoms with Gasteiger partial charge in [-0.15, -0.1) is 0 Å². The monoisotopic (exact) mass is 310 g/mol. The lowest BCUT2D eigenvalue weighted by atomic mass is 10.1. The van der Waals surface area contributed by atoms with E-state index in [0.29, 0.717) is 16.8 Å². The fourth-order valence-electron chi connectivity index (χ4n) is 2.31. The number of amides is 2. The average Bonchev–Trinajstić information content (AvgIpc) is 2.56. The highest BCUT2D eigenvalue weighted by Gasteiger charge is 2.10. The van der Waals surface area contributed by atoms with Crippen molar-refractivity contribution in [2.75, 3.05) is 5.32 Å². The highest BCUT2D eigenvalue weighted by atomic mass is 16.2. The lowest BCUT2D eigenvalue weighted by Gasteiger charge is -2.13. The van der Waals surface area contributed by atoms with Crippen molar-refractivity contribution in [3.05, 3.63) is 65.7 Å². The van der Waals surface area contributed by atoms with Crippen LogP contribution in [0.5, 0.6) is 0 Å². The van der Waals surface area contributed by atoms with Crippen molar-refractivity contribution < 1.29 is 9.59 Å².